The summed E-state index contributed by atoms with van der Waals surface area (Å²) < 4.78 is 1.71. The minimum atomic E-state index is -0.0513. The van der Waals surface area contributed by atoms with Crippen molar-refractivity contribution in [2.45, 2.75) is 18.9 Å². The normalized spacial score (nSPS) is 15.0. The maximum Gasteiger partial charge on any atom is 0.223 e. The van der Waals surface area contributed by atoms with Crippen molar-refractivity contribution in [1.29, 1.82) is 0 Å². The molecule has 1 aliphatic heterocycles. The number of carbonyl (C=O) groups excluding carboxylic acids is 1. The average Bonchev–Trinajstić information content (AvgIpc) is 3.17. The summed E-state index contributed by atoms with van der Waals surface area (Å²) in [6.45, 7) is 2.26. The molecule has 1 fully saturated rings. The summed E-state index contributed by atoms with van der Waals surface area (Å²) in [7, 11) is 0. The quantitative estimate of drug-likeness (QED) is 0.794. The monoisotopic (exact) mass is 324 g/mol. The topological polar surface area (TPSA) is 50.8 Å². The number of hydrogen-bond acceptors (Lipinski definition) is 3. The molecular weight excluding hydrogens is 311 g/mol. The molecule has 5 nitrogen and oxygen atoms in total. The highest BCUT2D eigenvalue weighted by atomic mass is 35.5. The third-order valence-corrected chi connectivity index (χ3v) is 4.06. The van der Waals surface area contributed by atoms with Gasteiger partial charge in [-0.25, -0.2) is 4.98 Å². The highest BCUT2D eigenvalue weighted by Crippen LogP contribution is 2.31. The van der Waals surface area contributed by atoms with Gasteiger partial charge >= 0.3 is 0 Å². The number of amides is 1. The lowest BCUT2D eigenvalue weighted by Gasteiger charge is -2.18. The Morgan fingerprint density at radius 3 is 2.76 bits per heavy atom. The average molecular weight is 325 g/mol. The molecule has 1 aromatic carbocycles. The van der Waals surface area contributed by atoms with Crippen molar-refractivity contribution in [3.05, 3.63) is 46.5 Å². The van der Waals surface area contributed by atoms with Gasteiger partial charge in [-0.15, -0.1) is 0 Å². The lowest BCUT2D eigenvalue weighted by Crippen LogP contribution is -2.19. The van der Waals surface area contributed by atoms with E-state index >= 15 is 0 Å². The van der Waals surface area contributed by atoms with Crippen molar-refractivity contribution in [3.8, 4) is 0 Å². The van der Waals surface area contributed by atoms with Gasteiger partial charge < -0.3 is 4.90 Å². The SMILES string of the molecule is O=C(CC(Cn1cncn1)c1ccc(Cl)cc1Cl)N1CC1. The van der Waals surface area contributed by atoms with Crippen LogP contribution in [0.15, 0.2) is 30.9 Å². The van der Waals surface area contributed by atoms with Crippen LogP contribution >= 0.6 is 23.2 Å². The lowest BCUT2D eigenvalue weighted by molar-refractivity contribution is -0.126. The second kappa shape index (κ2) is 6.03. The first kappa shape index (κ1) is 14.4. The predicted molar refractivity (Wildman–Crippen MR) is 80.4 cm³/mol. The van der Waals surface area contributed by atoms with E-state index in [1.54, 1.807) is 23.1 Å². The molecule has 0 saturated carbocycles. The van der Waals surface area contributed by atoms with Crippen LogP contribution in [0.3, 0.4) is 0 Å². The van der Waals surface area contributed by atoms with E-state index in [-0.39, 0.29) is 11.8 Å². The highest BCUT2D eigenvalue weighted by molar-refractivity contribution is 6.35. The molecule has 1 amide bonds. The van der Waals surface area contributed by atoms with Gasteiger partial charge in [0.1, 0.15) is 12.7 Å². The van der Waals surface area contributed by atoms with Crippen LogP contribution in [0, 0.1) is 0 Å². The van der Waals surface area contributed by atoms with Crippen molar-refractivity contribution in [1.82, 2.24) is 19.7 Å². The molecule has 21 heavy (non-hydrogen) atoms. The van der Waals surface area contributed by atoms with Crippen LogP contribution in [0.5, 0.6) is 0 Å². The third kappa shape index (κ3) is 3.54. The first-order valence-electron chi connectivity index (χ1n) is 6.68. The third-order valence-electron chi connectivity index (χ3n) is 3.50. The predicted octanol–water partition coefficient (Wildman–Crippen LogP) is 2.60. The first-order chi connectivity index (χ1) is 10.1. The second-order valence-electron chi connectivity index (χ2n) is 5.07. The van der Waals surface area contributed by atoms with E-state index in [2.05, 4.69) is 10.1 Å². The molecule has 0 aliphatic carbocycles. The Bertz CT molecular complexity index is 640. The molecule has 7 heteroatoms. The Hall–Kier alpha value is -1.59. The molecule has 1 unspecified atom stereocenters. The van der Waals surface area contributed by atoms with Crippen LogP contribution in [0.1, 0.15) is 17.9 Å². The van der Waals surface area contributed by atoms with Gasteiger partial charge in [-0.1, -0.05) is 29.3 Å². The van der Waals surface area contributed by atoms with E-state index < -0.39 is 0 Å². The maximum atomic E-state index is 12.1. The molecule has 1 atom stereocenters. The van der Waals surface area contributed by atoms with Gasteiger partial charge in [-0.2, -0.15) is 5.10 Å². The highest BCUT2D eigenvalue weighted by Gasteiger charge is 2.28. The molecule has 0 radical (unpaired) electrons. The Morgan fingerprint density at radius 2 is 2.14 bits per heavy atom. The van der Waals surface area contributed by atoms with E-state index in [0.717, 1.165) is 18.7 Å². The fourth-order valence-corrected chi connectivity index (χ4v) is 2.86. The number of aromatic nitrogens is 3. The zero-order valence-electron chi connectivity index (χ0n) is 11.2. The summed E-state index contributed by atoms with van der Waals surface area (Å²) in [4.78, 5) is 17.9. The molecule has 110 valence electrons. The van der Waals surface area contributed by atoms with Gasteiger partial charge in [-0.3, -0.25) is 9.48 Å². The van der Waals surface area contributed by atoms with Crippen LogP contribution in [0.25, 0.3) is 0 Å². The number of benzene rings is 1. The smallest absolute Gasteiger partial charge is 0.223 e. The summed E-state index contributed by atoms with van der Waals surface area (Å²) in [5, 5.41) is 5.27. The van der Waals surface area contributed by atoms with Gasteiger partial charge in [0, 0.05) is 35.5 Å². The van der Waals surface area contributed by atoms with Crippen molar-refractivity contribution >= 4 is 29.1 Å². The fraction of sp³-hybridized carbons (Fsp3) is 0.357. The number of rotatable bonds is 5. The minimum Gasteiger partial charge on any atom is -0.339 e. The maximum absolute atomic E-state index is 12.1. The fourth-order valence-electron chi connectivity index (χ4n) is 2.30. The van der Waals surface area contributed by atoms with Crippen molar-refractivity contribution < 1.29 is 4.79 Å². The van der Waals surface area contributed by atoms with Crippen LogP contribution in [0.2, 0.25) is 10.0 Å². The molecule has 1 saturated heterocycles. The van der Waals surface area contributed by atoms with Crippen molar-refractivity contribution in [3.63, 3.8) is 0 Å². The largest absolute Gasteiger partial charge is 0.339 e. The Balaban J connectivity index is 1.84. The molecule has 2 heterocycles. The van der Waals surface area contributed by atoms with Gasteiger partial charge in [0.15, 0.2) is 0 Å². The van der Waals surface area contributed by atoms with Crippen LogP contribution < -0.4 is 0 Å². The Labute approximate surface area is 132 Å². The van der Waals surface area contributed by atoms with Crippen molar-refractivity contribution in [2.75, 3.05) is 13.1 Å². The number of halogens is 2. The van der Waals surface area contributed by atoms with E-state index in [1.165, 1.54) is 6.33 Å². The second-order valence-corrected chi connectivity index (χ2v) is 5.91. The van der Waals surface area contributed by atoms with Gasteiger partial charge in [0.2, 0.25) is 5.91 Å². The molecule has 1 aliphatic rings. The Kier molecular flexibility index (Phi) is 4.12. The molecule has 0 N–H and O–H groups in total. The first-order valence-corrected chi connectivity index (χ1v) is 7.44. The Morgan fingerprint density at radius 1 is 1.33 bits per heavy atom. The minimum absolute atomic E-state index is 0.0513. The van der Waals surface area contributed by atoms with Crippen LogP contribution in [0.4, 0.5) is 0 Å². The zero-order chi connectivity index (χ0) is 14.8. The van der Waals surface area contributed by atoms with Gasteiger partial charge in [-0.05, 0) is 17.7 Å². The molecule has 1 aromatic heterocycles. The number of hydrogen-bond donors (Lipinski definition) is 0. The number of carbonyl (C=O) groups is 1. The standard InChI is InChI=1S/C14H14Cl2N4O/c15-11-1-2-12(13(16)6-11)10(5-14(21)19-3-4-19)7-20-9-17-8-18-20/h1-2,6,8-10H,3-5,7H2. The van der Waals surface area contributed by atoms with Crippen LogP contribution in [-0.2, 0) is 11.3 Å². The van der Waals surface area contributed by atoms with E-state index in [0.29, 0.717) is 23.0 Å². The summed E-state index contributed by atoms with van der Waals surface area (Å²) in [5.74, 6) is 0.0932. The summed E-state index contributed by atoms with van der Waals surface area (Å²) in [5.41, 5.74) is 0.909. The van der Waals surface area contributed by atoms with Crippen molar-refractivity contribution in [2.24, 2.45) is 0 Å². The van der Waals surface area contributed by atoms with Crippen LogP contribution in [-0.4, -0.2) is 38.7 Å². The molecule has 0 bridgehead atoms. The molecule has 2 aromatic rings. The summed E-state index contributed by atoms with van der Waals surface area (Å²) in [6.07, 6.45) is 3.52. The van der Waals surface area contributed by atoms with Gasteiger partial charge in [0.25, 0.3) is 0 Å². The van der Waals surface area contributed by atoms with E-state index in [4.69, 9.17) is 23.2 Å². The lowest BCUT2D eigenvalue weighted by atomic mass is 9.95. The van der Waals surface area contributed by atoms with E-state index in [9.17, 15) is 4.79 Å². The zero-order valence-corrected chi connectivity index (χ0v) is 12.8. The van der Waals surface area contributed by atoms with Gasteiger partial charge in [0.05, 0.1) is 6.54 Å². The number of nitrogens with zero attached hydrogens (tertiary/aromatic N) is 4. The summed E-state index contributed by atoms with van der Waals surface area (Å²) >= 11 is 12.2. The molecular formula is C14H14Cl2N4O. The van der Waals surface area contributed by atoms with E-state index in [1.807, 2.05) is 11.0 Å². The molecule has 0 spiro atoms. The summed E-state index contributed by atoms with van der Waals surface area (Å²) in [6, 6.07) is 5.37. The molecule has 3 rings (SSSR count).